The van der Waals surface area contributed by atoms with Crippen LogP contribution >= 0.6 is 0 Å². The van der Waals surface area contributed by atoms with Crippen LogP contribution < -0.4 is 4.72 Å². The van der Waals surface area contributed by atoms with Crippen LogP contribution in [0.5, 0.6) is 0 Å². The third kappa shape index (κ3) is 2.60. The summed E-state index contributed by atoms with van der Waals surface area (Å²) in [6.45, 7) is 2.13. The molecule has 1 N–H and O–H groups in total. The molecule has 5 nitrogen and oxygen atoms in total. The van der Waals surface area contributed by atoms with Crippen LogP contribution in [0.25, 0.3) is 0 Å². The highest BCUT2D eigenvalue weighted by atomic mass is 32.2. The van der Waals surface area contributed by atoms with Gasteiger partial charge in [0, 0.05) is 24.7 Å². The molecule has 1 aromatic rings. The van der Waals surface area contributed by atoms with E-state index in [1.165, 1.54) is 32.1 Å². The average Bonchev–Trinajstić information content (AvgIpc) is 3.14. The predicted octanol–water partition coefficient (Wildman–Crippen LogP) is 2.64. The highest BCUT2D eigenvalue weighted by molar-refractivity contribution is 7.89. The number of rotatable bonds is 5. The van der Waals surface area contributed by atoms with Crippen molar-refractivity contribution in [3.05, 3.63) is 12.0 Å². The van der Waals surface area contributed by atoms with E-state index in [9.17, 15) is 8.42 Å². The predicted molar refractivity (Wildman–Crippen MR) is 84.1 cm³/mol. The SMILES string of the molecule is CC1CCCc2nc(S(=O)(=O)NC(C3CCC3)C3CC3)cn21. The number of aryl methyl sites for hydroxylation is 1. The Hall–Kier alpha value is -0.880. The Morgan fingerprint density at radius 1 is 1.18 bits per heavy atom. The molecule has 0 amide bonds. The van der Waals surface area contributed by atoms with Crippen molar-refractivity contribution in [2.24, 2.45) is 11.8 Å². The number of nitrogens with one attached hydrogen (secondary N) is 1. The Kier molecular flexibility index (Phi) is 3.57. The van der Waals surface area contributed by atoms with E-state index >= 15 is 0 Å². The third-order valence-corrected chi connectivity index (χ3v) is 6.97. The Morgan fingerprint density at radius 2 is 1.91 bits per heavy atom. The molecule has 2 saturated carbocycles. The van der Waals surface area contributed by atoms with Crippen LogP contribution in [-0.4, -0.2) is 24.0 Å². The van der Waals surface area contributed by atoms with Crippen molar-refractivity contribution in [3.63, 3.8) is 0 Å². The molecule has 0 radical (unpaired) electrons. The molecular formula is C16H25N3O2S. The first-order valence-electron chi connectivity index (χ1n) is 8.64. The maximum absolute atomic E-state index is 12.8. The summed E-state index contributed by atoms with van der Waals surface area (Å²) in [6, 6.07) is 0.487. The fourth-order valence-electron chi connectivity index (χ4n) is 3.87. The zero-order valence-corrected chi connectivity index (χ0v) is 14.0. The zero-order chi connectivity index (χ0) is 15.3. The van der Waals surface area contributed by atoms with E-state index in [1.54, 1.807) is 6.20 Å². The van der Waals surface area contributed by atoms with Crippen LogP contribution in [0.4, 0.5) is 0 Å². The van der Waals surface area contributed by atoms with Crippen molar-refractivity contribution >= 4 is 10.0 Å². The fourth-order valence-corrected chi connectivity index (χ4v) is 5.21. The lowest BCUT2D eigenvalue weighted by Crippen LogP contribution is -2.44. The second-order valence-electron chi connectivity index (χ2n) is 7.32. The van der Waals surface area contributed by atoms with Gasteiger partial charge in [-0.25, -0.2) is 18.1 Å². The summed E-state index contributed by atoms with van der Waals surface area (Å²) in [7, 11) is -3.49. The van der Waals surface area contributed by atoms with Crippen LogP contribution in [0.3, 0.4) is 0 Å². The number of hydrogen-bond acceptors (Lipinski definition) is 3. The molecule has 3 aliphatic rings. The molecule has 6 heteroatoms. The Labute approximate surface area is 132 Å². The van der Waals surface area contributed by atoms with E-state index in [0.29, 0.717) is 17.9 Å². The number of nitrogens with zero attached hydrogens (tertiary/aromatic N) is 2. The molecule has 22 heavy (non-hydrogen) atoms. The van der Waals surface area contributed by atoms with E-state index in [0.717, 1.165) is 25.1 Å². The molecule has 1 aromatic heterocycles. The molecule has 2 unspecified atom stereocenters. The summed E-state index contributed by atoms with van der Waals surface area (Å²) >= 11 is 0. The summed E-state index contributed by atoms with van der Waals surface area (Å²) in [4.78, 5) is 4.42. The van der Waals surface area contributed by atoms with Crippen molar-refractivity contribution < 1.29 is 8.42 Å². The van der Waals surface area contributed by atoms with E-state index in [-0.39, 0.29) is 11.1 Å². The first-order valence-corrected chi connectivity index (χ1v) is 10.1. The highest BCUT2D eigenvalue weighted by Crippen LogP contribution is 2.42. The number of aromatic nitrogens is 2. The van der Waals surface area contributed by atoms with Gasteiger partial charge in [-0.05, 0) is 57.3 Å². The second-order valence-corrected chi connectivity index (χ2v) is 8.98. The van der Waals surface area contributed by atoms with Gasteiger partial charge in [-0.1, -0.05) is 6.42 Å². The average molecular weight is 323 g/mol. The number of imidazole rings is 1. The van der Waals surface area contributed by atoms with Gasteiger partial charge < -0.3 is 4.57 Å². The lowest BCUT2D eigenvalue weighted by atomic mass is 9.78. The van der Waals surface area contributed by atoms with Crippen molar-refractivity contribution in [1.29, 1.82) is 0 Å². The van der Waals surface area contributed by atoms with Gasteiger partial charge in [0.15, 0.2) is 5.03 Å². The summed E-state index contributed by atoms with van der Waals surface area (Å²) in [5.74, 6) is 2.01. The minimum atomic E-state index is -3.49. The minimum absolute atomic E-state index is 0.134. The molecule has 4 rings (SSSR count). The molecule has 2 atom stereocenters. The van der Waals surface area contributed by atoms with Gasteiger partial charge in [0.1, 0.15) is 5.82 Å². The fraction of sp³-hybridized carbons (Fsp3) is 0.812. The second kappa shape index (κ2) is 5.34. The summed E-state index contributed by atoms with van der Waals surface area (Å²) in [5, 5.41) is 0.223. The first kappa shape index (κ1) is 14.7. The lowest BCUT2D eigenvalue weighted by Gasteiger charge is -2.34. The number of fused-ring (bicyclic) bond motifs is 1. The Bertz CT molecular complexity index is 659. The molecule has 122 valence electrons. The molecule has 1 aliphatic heterocycles. The van der Waals surface area contributed by atoms with Gasteiger partial charge >= 0.3 is 0 Å². The van der Waals surface area contributed by atoms with Crippen LogP contribution in [0, 0.1) is 11.8 Å². The standard InChI is InChI=1S/C16H25N3O2S/c1-11-4-2-7-14-17-15(10-19(11)14)22(20,21)18-16(13-8-9-13)12-5-3-6-12/h10-13,16,18H,2-9H2,1H3. The van der Waals surface area contributed by atoms with Crippen molar-refractivity contribution in [2.45, 2.75) is 75.4 Å². The quantitative estimate of drug-likeness (QED) is 0.906. The monoisotopic (exact) mass is 323 g/mol. The van der Waals surface area contributed by atoms with Gasteiger partial charge in [0.05, 0.1) is 0 Å². The van der Waals surface area contributed by atoms with Crippen molar-refractivity contribution in [2.75, 3.05) is 0 Å². The molecule has 0 saturated heterocycles. The van der Waals surface area contributed by atoms with Crippen LogP contribution in [0.1, 0.15) is 63.7 Å². The van der Waals surface area contributed by atoms with Crippen molar-refractivity contribution in [1.82, 2.24) is 14.3 Å². The third-order valence-electron chi connectivity index (χ3n) is 5.64. The summed E-state index contributed by atoms with van der Waals surface area (Å²) in [6.07, 6.45) is 10.7. The zero-order valence-electron chi connectivity index (χ0n) is 13.2. The van der Waals surface area contributed by atoms with Crippen LogP contribution in [0.15, 0.2) is 11.2 Å². The topological polar surface area (TPSA) is 64.0 Å². The maximum Gasteiger partial charge on any atom is 0.259 e. The molecule has 0 spiro atoms. The van der Waals surface area contributed by atoms with Gasteiger partial charge in [-0.2, -0.15) is 0 Å². The molecule has 2 fully saturated rings. The van der Waals surface area contributed by atoms with Gasteiger partial charge in [0.25, 0.3) is 10.0 Å². The van der Waals surface area contributed by atoms with Gasteiger partial charge in [-0.15, -0.1) is 0 Å². The minimum Gasteiger partial charge on any atom is -0.331 e. The molecule has 2 aliphatic carbocycles. The lowest BCUT2D eigenvalue weighted by molar-refractivity contribution is 0.230. The van der Waals surface area contributed by atoms with Gasteiger partial charge in [0.2, 0.25) is 0 Å². The van der Waals surface area contributed by atoms with Crippen LogP contribution in [0.2, 0.25) is 0 Å². The van der Waals surface area contributed by atoms with Crippen LogP contribution in [-0.2, 0) is 16.4 Å². The van der Waals surface area contributed by atoms with Crippen molar-refractivity contribution in [3.8, 4) is 0 Å². The highest BCUT2D eigenvalue weighted by Gasteiger charge is 2.41. The molecule has 2 heterocycles. The first-order chi connectivity index (χ1) is 10.5. The number of sulfonamides is 1. The Balaban J connectivity index is 1.57. The van der Waals surface area contributed by atoms with E-state index in [1.807, 2.05) is 4.57 Å². The molecule has 0 aromatic carbocycles. The molecular weight excluding hydrogens is 298 g/mol. The number of hydrogen-bond donors (Lipinski definition) is 1. The molecule has 0 bridgehead atoms. The van der Waals surface area contributed by atoms with Gasteiger partial charge in [-0.3, -0.25) is 0 Å². The largest absolute Gasteiger partial charge is 0.331 e. The van der Waals surface area contributed by atoms with E-state index in [2.05, 4.69) is 16.6 Å². The normalized spacial score (nSPS) is 27.2. The maximum atomic E-state index is 12.8. The summed E-state index contributed by atoms with van der Waals surface area (Å²) in [5.41, 5.74) is 0. The van der Waals surface area contributed by atoms with E-state index < -0.39 is 10.0 Å². The smallest absolute Gasteiger partial charge is 0.259 e. The van der Waals surface area contributed by atoms with E-state index in [4.69, 9.17) is 0 Å². The Morgan fingerprint density at radius 3 is 2.50 bits per heavy atom. The summed E-state index contributed by atoms with van der Waals surface area (Å²) < 4.78 is 30.6.